The molecule has 2 aromatic heterocycles. The minimum absolute atomic E-state index is 0.218. The molecule has 0 radical (unpaired) electrons. The molecule has 96 valence electrons. The van der Waals surface area contributed by atoms with Crippen molar-refractivity contribution in [1.29, 1.82) is 0 Å². The van der Waals surface area contributed by atoms with Crippen molar-refractivity contribution in [2.24, 2.45) is 11.7 Å². The third-order valence-electron chi connectivity index (χ3n) is 3.65. The van der Waals surface area contributed by atoms with Crippen LogP contribution in [0, 0.1) is 12.8 Å². The number of nitrogens with zero attached hydrogens (tertiary/aromatic N) is 2. The quantitative estimate of drug-likeness (QED) is 0.924. The van der Waals surface area contributed by atoms with Gasteiger partial charge in [0, 0.05) is 5.92 Å². The van der Waals surface area contributed by atoms with Crippen molar-refractivity contribution in [3.05, 3.63) is 17.3 Å². The Morgan fingerprint density at radius 1 is 1.44 bits per heavy atom. The summed E-state index contributed by atoms with van der Waals surface area (Å²) in [5.74, 6) is 1.19. The van der Waals surface area contributed by atoms with E-state index >= 15 is 0 Å². The van der Waals surface area contributed by atoms with E-state index in [1.165, 1.54) is 18.4 Å². The molecule has 2 aromatic rings. The molecule has 1 saturated carbocycles. The van der Waals surface area contributed by atoms with E-state index in [2.05, 4.69) is 22.3 Å². The highest BCUT2D eigenvalue weighted by Gasteiger charge is 2.28. The highest BCUT2D eigenvalue weighted by Crippen LogP contribution is 2.34. The Kier molecular flexibility index (Phi) is 3.18. The fourth-order valence-corrected chi connectivity index (χ4v) is 3.54. The molecule has 0 aliphatic heterocycles. The number of hydrogen-bond acceptors (Lipinski definition) is 5. The van der Waals surface area contributed by atoms with Crippen LogP contribution < -0.4 is 10.5 Å². The number of thiophene rings is 1. The molecule has 0 saturated heterocycles. The molecule has 0 spiro atoms. The number of nitrogens with two attached hydrogens (primary N) is 1. The van der Waals surface area contributed by atoms with Gasteiger partial charge in [0.2, 0.25) is 5.88 Å². The molecule has 1 fully saturated rings. The van der Waals surface area contributed by atoms with Gasteiger partial charge in [-0.15, -0.1) is 11.3 Å². The molecule has 0 bridgehead atoms. The highest BCUT2D eigenvalue weighted by atomic mass is 32.1. The molecule has 3 rings (SSSR count). The Hall–Kier alpha value is -1.20. The second-order valence-electron chi connectivity index (χ2n) is 4.86. The van der Waals surface area contributed by atoms with E-state index < -0.39 is 0 Å². The van der Waals surface area contributed by atoms with Gasteiger partial charge in [-0.25, -0.2) is 9.97 Å². The minimum atomic E-state index is 0.218. The third kappa shape index (κ3) is 1.97. The first-order valence-electron chi connectivity index (χ1n) is 6.35. The first-order valence-corrected chi connectivity index (χ1v) is 7.23. The smallest absolute Gasteiger partial charge is 0.235 e. The Bertz CT molecular complexity index is 554. The number of ether oxygens (including phenoxy) is 1. The van der Waals surface area contributed by atoms with Crippen LogP contribution in [-0.2, 0) is 0 Å². The van der Waals surface area contributed by atoms with Gasteiger partial charge in [0.25, 0.3) is 0 Å². The van der Waals surface area contributed by atoms with Crippen molar-refractivity contribution in [2.45, 2.75) is 32.3 Å². The average Bonchev–Trinajstić information content (AvgIpc) is 2.98. The van der Waals surface area contributed by atoms with Crippen LogP contribution in [0.2, 0.25) is 0 Å². The molecule has 1 aliphatic rings. The molecular formula is C13H17N3OS. The average molecular weight is 263 g/mol. The minimum Gasteiger partial charge on any atom is -0.473 e. The van der Waals surface area contributed by atoms with E-state index in [0.717, 1.165) is 22.5 Å². The number of aryl methyl sites for hydroxylation is 1. The molecule has 2 unspecified atom stereocenters. The Balaban J connectivity index is 1.90. The number of rotatable bonds is 3. The van der Waals surface area contributed by atoms with Crippen molar-refractivity contribution in [3.8, 4) is 5.88 Å². The number of fused-ring (bicyclic) bond motifs is 1. The largest absolute Gasteiger partial charge is 0.473 e. The molecule has 2 N–H and O–H groups in total. The molecule has 4 nitrogen and oxygen atoms in total. The van der Waals surface area contributed by atoms with Gasteiger partial charge in [0.05, 0.1) is 5.52 Å². The van der Waals surface area contributed by atoms with Gasteiger partial charge in [-0.3, -0.25) is 0 Å². The standard InChI is InChI=1S/C13H17N3OS/c1-8-6-18-12-11(8)15-7-16-13(12)17-10-4-2-3-9(10)5-14/h6-7,9-10H,2-5,14H2,1H3. The molecular weight excluding hydrogens is 246 g/mol. The molecule has 0 aromatic carbocycles. The van der Waals surface area contributed by atoms with Crippen LogP contribution in [-0.4, -0.2) is 22.6 Å². The van der Waals surface area contributed by atoms with Gasteiger partial charge in [-0.1, -0.05) is 0 Å². The lowest BCUT2D eigenvalue weighted by atomic mass is 10.1. The van der Waals surface area contributed by atoms with Crippen LogP contribution >= 0.6 is 11.3 Å². The van der Waals surface area contributed by atoms with E-state index in [4.69, 9.17) is 10.5 Å². The Morgan fingerprint density at radius 3 is 3.17 bits per heavy atom. The van der Waals surface area contributed by atoms with Gasteiger partial charge < -0.3 is 10.5 Å². The van der Waals surface area contributed by atoms with Crippen molar-refractivity contribution < 1.29 is 4.74 Å². The Labute approximate surface area is 110 Å². The van der Waals surface area contributed by atoms with Gasteiger partial charge in [-0.05, 0) is 43.7 Å². The summed E-state index contributed by atoms with van der Waals surface area (Å²) in [4.78, 5) is 8.60. The number of aromatic nitrogens is 2. The van der Waals surface area contributed by atoms with E-state index in [-0.39, 0.29) is 6.10 Å². The van der Waals surface area contributed by atoms with Crippen LogP contribution in [0.4, 0.5) is 0 Å². The third-order valence-corrected chi connectivity index (χ3v) is 4.73. The zero-order chi connectivity index (χ0) is 12.5. The summed E-state index contributed by atoms with van der Waals surface area (Å²) < 4.78 is 7.14. The van der Waals surface area contributed by atoms with E-state index in [9.17, 15) is 0 Å². The number of hydrogen-bond donors (Lipinski definition) is 1. The lowest BCUT2D eigenvalue weighted by Gasteiger charge is -2.19. The molecule has 5 heteroatoms. The van der Waals surface area contributed by atoms with Crippen molar-refractivity contribution in [1.82, 2.24) is 9.97 Å². The summed E-state index contributed by atoms with van der Waals surface area (Å²) in [6.45, 7) is 2.76. The Morgan fingerprint density at radius 2 is 2.33 bits per heavy atom. The van der Waals surface area contributed by atoms with Crippen LogP contribution in [0.1, 0.15) is 24.8 Å². The molecule has 1 aliphatic carbocycles. The van der Waals surface area contributed by atoms with Crippen molar-refractivity contribution in [2.75, 3.05) is 6.54 Å². The van der Waals surface area contributed by atoms with E-state index in [1.807, 2.05) is 0 Å². The molecule has 0 amide bonds. The van der Waals surface area contributed by atoms with Gasteiger partial charge in [0.1, 0.15) is 17.1 Å². The lowest BCUT2D eigenvalue weighted by Crippen LogP contribution is -2.27. The lowest BCUT2D eigenvalue weighted by molar-refractivity contribution is 0.158. The van der Waals surface area contributed by atoms with Gasteiger partial charge in [-0.2, -0.15) is 0 Å². The maximum Gasteiger partial charge on any atom is 0.235 e. The maximum absolute atomic E-state index is 6.08. The fourth-order valence-electron chi connectivity index (χ4n) is 2.60. The fraction of sp³-hybridized carbons (Fsp3) is 0.538. The second kappa shape index (κ2) is 4.82. The van der Waals surface area contributed by atoms with E-state index in [0.29, 0.717) is 12.5 Å². The second-order valence-corrected chi connectivity index (χ2v) is 5.74. The SMILES string of the molecule is Cc1csc2c(OC3CCCC3CN)ncnc12. The summed E-state index contributed by atoms with van der Waals surface area (Å²) in [6, 6.07) is 0. The highest BCUT2D eigenvalue weighted by molar-refractivity contribution is 7.17. The monoisotopic (exact) mass is 263 g/mol. The first kappa shape index (κ1) is 11.9. The van der Waals surface area contributed by atoms with Crippen LogP contribution in [0.3, 0.4) is 0 Å². The first-order chi connectivity index (χ1) is 8.79. The van der Waals surface area contributed by atoms with E-state index in [1.54, 1.807) is 17.7 Å². The summed E-state index contributed by atoms with van der Waals surface area (Å²) in [7, 11) is 0. The summed E-state index contributed by atoms with van der Waals surface area (Å²) in [6.07, 6.45) is 5.25. The van der Waals surface area contributed by atoms with Crippen LogP contribution in [0.5, 0.6) is 5.88 Å². The summed E-state index contributed by atoms with van der Waals surface area (Å²) in [5, 5.41) is 2.10. The van der Waals surface area contributed by atoms with Crippen LogP contribution in [0.25, 0.3) is 10.2 Å². The predicted molar refractivity (Wildman–Crippen MR) is 73.0 cm³/mol. The topological polar surface area (TPSA) is 61.0 Å². The molecule has 2 heterocycles. The predicted octanol–water partition coefficient (Wildman–Crippen LogP) is 2.51. The van der Waals surface area contributed by atoms with Crippen LogP contribution in [0.15, 0.2) is 11.7 Å². The van der Waals surface area contributed by atoms with Crippen molar-refractivity contribution >= 4 is 21.6 Å². The van der Waals surface area contributed by atoms with Crippen molar-refractivity contribution in [3.63, 3.8) is 0 Å². The summed E-state index contributed by atoms with van der Waals surface area (Å²) in [5.41, 5.74) is 7.98. The molecule has 18 heavy (non-hydrogen) atoms. The summed E-state index contributed by atoms with van der Waals surface area (Å²) >= 11 is 1.65. The zero-order valence-electron chi connectivity index (χ0n) is 10.4. The van der Waals surface area contributed by atoms with Gasteiger partial charge in [0.15, 0.2) is 0 Å². The normalized spacial score (nSPS) is 23.7. The maximum atomic E-state index is 6.08. The zero-order valence-corrected chi connectivity index (χ0v) is 11.2. The van der Waals surface area contributed by atoms with Gasteiger partial charge >= 0.3 is 0 Å². The molecule has 2 atom stereocenters.